The molecule has 4 heteroatoms. The molecule has 1 amide bonds. The fraction of sp³-hybridized carbons (Fsp3) is 0.136. The lowest BCUT2D eigenvalue weighted by atomic mass is 9.98. The Morgan fingerprint density at radius 3 is 2.04 bits per heavy atom. The summed E-state index contributed by atoms with van der Waals surface area (Å²) >= 11 is 0. The van der Waals surface area contributed by atoms with Crippen LogP contribution in [0.2, 0.25) is 0 Å². The first-order valence-electron chi connectivity index (χ1n) is 8.52. The number of benzene rings is 3. The summed E-state index contributed by atoms with van der Waals surface area (Å²) in [4.78, 5) is 12.2. The van der Waals surface area contributed by atoms with E-state index in [4.69, 9.17) is 9.47 Å². The molecule has 0 aromatic heterocycles. The molecule has 1 aliphatic rings. The van der Waals surface area contributed by atoms with Crippen molar-refractivity contribution in [2.75, 3.05) is 19.0 Å². The number of nitrogens with one attached hydrogen (secondary N) is 1. The third-order valence-electron chi connectivity index (χ3n) is 4.68. The van der Waals surface area contributed by atoms with E-state index in [0.717, 1.165) is 5.75 Å². The van der Waals surface area contributed by atoms with E-state index >= 15 is 0 Å². The molecular formula is C22H19NO3. The van der Waals surface area contributed by atoms with Crippen LogP contribution in [0.3, 0.4) is 0 Å². The zero-order valence-corrected chi connectivity index (χ0v) is 14.4. The van der Waals surface area contributed by atoms with Crippen LogP contribution >= 0.6 is 0 Å². The third kappa shape index (κ3) is 3.02. The fourth-order valence-corrected chi connectivity index (χ4v) is 3.43. The van der Waals surface area contributed by atoms with Gasteiger partial charge in [-0.15, -0.1) is 0 Å². The van der Waals surface area contributed by atoms with Crippen LogP contribution in [0.1, 0.15) is 17.0 Å². The average molecular weight is 345 g/mol. The van der Waals surface area contributed by atoms with Crippen LogP contribution in [0.4, 0.5) is 10.5 Å². The Bertz CT molecular complexity index is 889. The van der Waals surface area contributed by atoms with Gasteiger partial charge in [0, 0.05) is 11.6 Å². The molecule has 0 bridgehead atoms. The fourth-order valence-electron chi connectivity index (χ4n) is 3.43. The molecule has 0 radical (unpaired) electrons. The van der Waals surface area contributed by atoms with Gasteiger partial charge < -0.3 is 9.47 Å². The Morgan fingerprint density at radius 2 is 1.46 bits per heavy atom. The SMILES string of the molecule is COc1ccc(NC(=O)OCC2c3ccccc3-c3ccccc32)cc1. The molecule has 1 aliphatic carbocycles. The second-order valence-electron chi connectivity index (χ2n) is 6.18. The molecule has 4 rings (SSSR count). The van der Waals surface area contributed by atoms with Crippen LogP contribution in [0, 0.1) is 0 Å². The lowest BCUT2D eigenvalue weighted by Crippen LogP contribution is -2.17. The van der Waals surface area contributed by atoms with Gasteiger partial charge in [-0.1, -0.05) is 48.5 Å². The Balaban J connectivity index is 1.46. The Kier molecular flexibility index (Phi) is 4.32. The summed E-state index contributed by atoms with van der Waals surface area (Å²) in [6.07, 6.45) is -0.461. The summed E-state index contributed by atoms with van der Waals surface area (Å²) in [6.45, 7) is 0.302. The van der Waals surface area contributed by atoms with Crippen molar-refractivity contribution in [3.8, 4) is 16.9 Å². The van der Waals surface area contributed by atoms with Gasteiger partial charge in [-0.3, -0.25) is 5.32 Å². The molecule has 4 nitrogen and oxygen atoms in total. The molecule has 3 aromatic rings. The van der Waals surface area contributed by atoms with Crippen molar-refractivity contribution < 1.29 is 14.3 Å². The van der Waals surface area contributed by atoms with Crippen LogP contribution in [-0.2, 0) is 4.74 Å². The number of rotatable bonds is 4. The summed E-state index contributed by atoms with van der Waals surface area (Å²) in [5, 5.41) is 2.75. The number of amides is 1. The van der Waals surface area contributed by atoms with E-state index < -0.39 is 6.09 Å². The van der Waals surface area contributed by atoms with E-state index in [-0.39, 0.29) is 5.92 Å². The first kappa shape index (κ1) is 16.2. The van der Waals surface area contributed by atoms with Gasteiger partial charge in [-0.05, 0) is 46.5 Å². The quantitative estimate of drug-likeness (QED) is 0.719. The number of hydrogen-bond acceptors (Lipinski definition) is 3. The average Bonchev–Trinajstić information content (AvgIpc) is 3.01. The van der Waals surface area contributed by atoms with Crippen molar-refractivity contribution in [3.05, 3.63) is 83.9 Å². The molecule has 0 aliphatic heterocycles. The van der Waals surface area contributed by atoms with Crippen molar-refractivity contribution in [1.29, 1.82) is 0 Å². The molecular weight excluding hydrogens is 326 g/mol. The molecule has 1 N–H and O–H groups in total. The van der Waals surface area contributed by atoms with Gasteiger partial charge in [0.2, 0.25) is 0 Å². The predicted molar refractivity (Wildman–Crippen MR) is 102 cm³/mol. The highest BCUT2D eigenvalue weighted by Crippen LogP contribution is 2.44. The minimum absolute atomic E-state index is 0.0593. The van der Waals surface area contributed by atoms with Crippen LogP contribution in [0.5, 0.6) is 5.75 Å². The second-order valence-corrected chi connectivity index (χ2v) is 6.18. The van der Waals surface area contributed by atoms with E-state index in [9.17, 15) is 4.79 Å². The second kappa shape index (κ2) is 6.92. The Labute approximate surface area is 152 Å². The lowest BCUT2D eigenvalue weighted by Gasteiger charge is -2.14. The van der Waals surface area contributed by atoms with Crippen LogP contribution in [0.25, 0.3) is 11.1 Å². The van der Waals surface area contributed by atoms with Crippen LogP contribution in [0.15, 0.2) is 72.8 Å². The van der Waals surface area contributed by atoms with Crippen molar-refractivity contribution in [2.24, 2.45) is 0 Å². The first-order chi connectivity index (χ1) is 12.8. The van der Waals surface area contributed by atoms with Crippen molar-refractivity contribution in [1.82, 2.24) is 0 Å². The lowest BCUT2D eigenvalue weighted by molar-refractivity contribution is 0.158. The number of anilines is 1. The molecule has 3 aromatic carbocycles. The van der Waals surface area contributed by atoms with Crippen molar-refractivity contribution >= 4 is 11.8 Å². The zero-order valence-electron chi connectivity index (χ0n) is 14.4. The number of fused-ring (bicyclic) bond motifs is 3. The topological polar surface area (TPSA) is 47.6 Å². The summed E-state index contributed by atoms with van der Waals surface area (Å²) in [5.74, 6) is 0.798. The van der Waals surface area contributed by atoms with Gasteiger partial charge in [-0.2, -0.15) is 0 Å². The molecule has 0 saturated carbocycles. The first-order valence-corrected chi connectivity index (χ1v) is 8.52. The number of methoxy groups -OCH3 is 1. The van der Waals surface area contributed by atoms with Crippen molar-refractivity contribution in [2.45, 2.75) is 5.92 Å². The summed E-state index contributed by atoms with van der Waals surface area (Å²) < 4.78 is 10.6. The van der Waals surface area contributed by atoms with Gasteiger partial charge in [0.25, 0.3) is 0 Å². The minimum Gasteiger partial charge on any atom is -0.497 e. The smallest absolute Gasteiger partial charge is 0.411 e. The van der Waals surface area contributed by atoms with E-state index in [0.29, 0.717) is 12.3 Å². The van der Waals surface area contributed by atoms with Gasteiger partial charge >= 0.3 is 6.09 Å². The maximum absolute atomic E-state index is 12.2. The summed E-state index contributed by atoms with van der Waals surface area (Å²) in [5.41, 5.74) is 5.50. The highest BCUT2D eigenvalue weighted by molar-refractivity contribution is 5.85. The number of carbonyl (C=O) groups is 1. The maximum atomic E-state index is 12.2. The molecule has 0 fully saturated rings. The van der Waals surface area contributed by atoms with E-state index in [1.807, 2.05) is 24.3 Å². The molecule has 0 unspecified atom stereocenters. The highest BCUT2D eigenvalue weighted by atomic mass is 16.5. The molecule has 0 saturated heterocycles. The number of ether oxygens (including phenoxy) is 2. The minimum atomic E-state index is -0.461. The largest absolute Gasteiger partial charge is 0.497 e. The monoisotopic (exact) mass is 345 g/mol. The molecule has 130 valence electrons. The van der Waals surface area contributed by atoms with Crippen LogP contribution < -0.4 is 10.1 Å². The highest BCUT2D eigenvalue weighted by Gasteiger charge is 2.28. The maximum Gasteiger partial charge on any atom is 0.411 e. The van der Waals surface area contributed by atoms with Crippen molar-refractivity contribution in [3.63, 3.8) is 0 Å². The normalized spacial score (nSPS) is 12.2. The van der Waals surface area contributed by atoms with Gasteiger partial charge in [0.1, 0.15) is 12.4 Å². The number of hydrogen-bond donors (Lipinski definition) is 1. The molecule has 0 spiro atoms. The molecule has 26 heavy (non-hydrogen) atoms. The molecule has 0 atom stereocenters. The standard InChI is InChI=1S/C22H19NO3/c1-25-16-12-10-15(11-13-16)23-22(24)26-14-21-19-8-4-2-6-17(19)18-7-3-5-9-20(18)21/h2-13,21H,14H2,1H3,(H,23,24). The van der Waals surface area contributed by atoms with Gasteiger partial charge in [0.05, 0.1) is 7.11 Å². The Hall–Kier alpha value is -3.27. The summed E-state index contributed by atoms with van der Waals surface area (Å²) in [6, 6.07) is 23.7. The zero-order chi connectivity index (χ0) is 17.9. The summed E-state index contributed by atoms with van der Waals surface area (Å²) in [7, 11) is 1.61. The van der Waals surface area contributed by atoms with Crippen LogP contribution in [-0.4, -0.2) is 19.8 Å². The third-order valence-corrected chi connectivity index (χ3v) is 4.68. The van der Waals surface area contributed by atoms with E-state index in [1.165, 1.54) is 22.3 Å². The van der Waals surface area contributed by atoms with E-state index in [1.54, 1.807) is 31.4 Å². The Morgan fingerprint density at radius 1 is 0.885 bits per heavy atom. The molecule has 0 heterocycles. The number of carbonyl (C=O) groups excluding carboxylic acids is 1. The van der Waals surface area contributed by atoms with Gasteiger partial charge in [0.15, 0.2) is 0 Å². The van der Waals surface area contributed by atoms with Gasteiger partial charge in [-0.25, -0.2) is 4.79 Å². The van der Waals surface area contributed by atoms with E-state index in [2.05, 4.69) is 29.6 Å². The predicted octanol–water partition coefficient (Wildman–Crippen LogP) is 5.06.